The number of aliphatic carboxylic acids is 1. The van der Waals surface area contributed by atoms with Crippen LogP contribution in [0.5, 0.6) is 0 Å². The van der Waals surface area contributed by atoms with E-state index in [0.29, 0.717) is 40.9 Å². The SMILES string of the molecule is Cn1c(=O)c(Cc2cccc(C(=N)N)c2)nc2cc(C(C)(NCC(=O)O)C(=O)N3CCCC3)ccc21. The van der Waals surface area contributed by atoms with Crippen LogP contribution in [0.15, 0.2) is 47.3 Å². The molecule has 0 saturated carbocycles. The van der Waals surface area contributed by atoms with Gasteiger partial charge in [-0.15, -0.1) is 0 Å². The maximum Gasteiger partial charge on any atom is 0.317 e. The summed E-state index contributed by atoms with van der Waals surface area (Å²) >= 11 is 0. The van der Waals surface area contributed by atoms with Gasteiger partial charge in [0.2, 0.25) is 5.91 Å². The number of carboxylic acids is 1. The highest BCUT2D eigenvalue weighted by atomic mass is 16.4. The van der Waals surface area contributed by atoms with Gasteiger partial charge in [-0.1, -0.05) is 24.3 Å². The lowest BCUT2D eigenvalue weighted by Crippen LogP contribution is -2.54. The quantitative estimate of drug-likeness (QED) is 0.274. The smallest absolute Gasteiger partial charge is 0.317 e. The Hall–Kier alpha value is -4.05. The van der Waals surface area contributed by atoms with Gasteiger partial charge < -0.3 is 20.3 Å². The fourth-order valence-electron chi connectivity index (χ4n) is 4.65. The highest BCUT2D eigenvalue weighted by Gasteiger charge is 2.39. The molecule has 36 heavy (non-hydrogen) atoms. The largest absolute Gasteiger partial charge is 0.480 e. The number of nitrogens with one attached hydrogen (secondary N) is 2. The average molecular weight is 491 g/mol. The van der Waals surface area contributed by atoms with E-state index in [-0.39, 0.29) is 30.3 Å². The number of fused-ring (bicyclic) bond motifs is 1. The van der Waals surface area contributed by atoms with Gasteiger partial charge in [-0.25, -0.2) is 4.98 Å². The Morgan fingerprint density at radius 3 is 2.58 bits per heavy atom. The van der Waals surface area contributed by atoms with Crippen molar-refractivity contribution in [2.24, 2.45) is 12.8 Å². The number of hydrogen-bond acceptors (Lipinski definition) is 6. The fourth-order valence-corrected chi connectivity index (χ4v) is 4.65. The second-order valence-corrected chi connectivity index (χ2v) is 9.29. The molecule has 5 N–H and O–H groups in total. The predicted octanol–water partition coefficient (Wildman–Crippen LogP) is 1.32. The van der Waals surface area contributed by atoms with Crippen LogP contribution in [0.3, 0.4) is 0 Å². The Morgan fingerprint density at radius 1 is 1.19 bits per heavy atom. The molecule has 1 saturated heterocycles. The number of rotatable bonds is 8. The van der Waals surface area contributed by atoms with Crippen molar-refractivity contribution in [3.63, 3.8) is 0 Å². The lowest BCUT2D eigenvalue weighted by molar-refractivity contribution is -0.139. The molecule has 0 bridgehead atoms. The maximum absolute atomic E-state index is 13.5. The zero-order valence-electron chi connectivity index (χ0n) is 20.4. The van der Waals surface area contributed by atoms with Gasteiger partial charge in [0, 0.05) is 32.1 Å². The summed E-state index contributed by atoms with van der Waals surface area (Å²) in [7, 11) is 1.67. The van der Waals surface area contributed by atoms with Gasteiger partial charge in [0.1, 0.15) is 17.1 Å². The fraction of sp³-hybridized carbons (Fsp3) is 0.346. The van der Waals surface area contributed by atoms with Gasteiger partial charge in [0.05, 0.1) is 17.6 Å². The van der Waals surface area contributed by atoms with Crippen molar-refractivity contribution in [1.29, 1.82) is 5.41 Å². The zero-order valence-corrected chi connectivity index (χ0v) is 20.4. The number of nitrogens with two attached hydrogens (primary N) is 1. The Balaban J connectivity index is 1.78. The van der Waals surface area contributed by atoms with Gasteiger partial charge in [-0.3, -0.25) is 25.1 Å². The van der Waals surface area contributed by atoms with Gasteiger partial charge in [0.15, 0.2) is 0 Å². The van der Waals surface area contributed by atoms with E-state index in [1.54, 1.807) is 55.3 Å². The number of carbonyl (C=O) groups excluding carboxylic acids is 1. The van der Waals surface area contributed by atoms with Crippen LogP contribution in [0.2, 0.25) is 0 Å². The number of carboxylic acid groups (broad SMARTS) is 1. The first-order valence-electron chi connectivity index (χ1n) is 11.8. The lowest BCUT2D eigenvalue weighted by Gasteiger charge is -2.33. The maximum atomic E-state index is 13.5. The van der Waals surface area contributed by atoms with E-state index < -0.39 is 11.5 Å². The third kappa shape index (κ3) is 4.85. The summed E-state index contributed by atoms with van der Waals surface area (Å²) < 4.78 is 1.51. The van der Waals surface area contributed by atoms with E-state index in [2.05, 4.69) is 10.3 Å². The van der Waals surface area contributed by atoms with Crippen molar-refractivity contribution in [2.75, 3.05) is 19.6 Å². The highest BCUT2D eigenvalue weighted by molar-refractivity contribution is 5.95. The summed E-state index contributed by atoms with van der Waals surface area (Å²) in [5.41, 5.74) is 7.44. The van der Waals surface area contributed by atoms with Gasteiger partial charge in [0.25, 0.3) is 5.56 Å². The minimum Gasteiger partial charge on any atom is -0.480 e. The molecule has 2 aromatic carbocycles. The van der Waals surface area contributed by atoms with Gasteiger partial charge >= 0.3 is 5.97 Å². The van der Waals surface area contributed by atoms with Crippen molar-refractivity contribution in [2.45, 2.75) is 31.7 Å². The minimum atomic E-state index is -1.27. The molecule has 188 valence electrons. The van der Waals surface area contributed by atoms with Gasteiger partial charge in [-0.2, -0.15) is 0 Å². The number of aryl methyl sites for hydroxylation is 1. The molecule has 0 radical (unpaired) electrons. The summed E-state index contributed by atoms with van der Waals surface area (Å²) in [6.45, 7) is 2.57. The molecule has 1 aliphatic heterocycles. The number of amides is 1. The number of likely N-dealkylation sites (tertiary alicyclic amines) is 1. The van der Waals surface area contributed by atoms with Crippen molar-refractivity contribution in [1.82, 2.24) is 19.8 Å². The molecule has 0 spiro atoms. The zero-order chi connectivity index (χ0) is 26.0. The number of aromatic nitrogens is 2. The summed E-state index contributed by atoms with van der Waals surface area (Å²) in [6, 6.07) is 12.3. The number of hydrogen-bond donors (Lipinski definition) is 4. The van der Waals surface area contributed by atoms with Crippen LogP contribution < -0.4 is 16.6 Å². The van der Waals surface area contributed by atoms with Crippen molar-refractivity contribution >= 4 is 28.7 Å². The molecule has 2 heterocycles. The number of amidine groups is 1. The second-order valence-electron chi connectivity index (χ2n) is 9.29. The standard InChI is InChI=1S/C26H30N6O4/c1-26(29-15-22(33)34,25(36)32-10-3-4-11-32)18-8-9-21-19(14-18)30-20(24(35)31(21)2)13-16-6-5-7-17(12-16)23(27)28/h5-9,12,14,29H,3-4,10-11,13,15H2,1-2H3,(H3,27,28)(H,33,34). The lowest BCUT2D eigenvalue weighted by atomic mass is 9.89. The topological polar surface area (TPSA) is 154 Å². The first-order chi connectivity index (χ1) is 17.1. The third-order valence-corrected chi connectivity index (χ3v) is 6.74. The molecule has 3 aromatic rings. The van der Waals surface area contributed by atoms with Crippen LogP contribution in [0.1, 0.15) is 42.1 Å². The first-order valence-corrected chi connectivity index (χ1v) is 11.8. The highest BCUT2D eigenvalue weighted by Crippen LogP contribution is 2.28. The van der Waals surface area contributed by atoms with Crippen LogP contribution >= 0.6 is 0 Å². The Bertz CT molecular complexity index is 1410. The third-order valence-electron chi connectivity index (χ3n) is 6.74. The second kappa shape index (κ2) is 9.90. The number of nitrogen functional groups attached to an aromatic ring is 1. The molecule has 10 heteroatoms. The summed E-state index contributed by atoms with van der Waals surface area (Å²) in [6.07, 6.45) is 2.07. The first kappa shape index (κ1) is 25.1. The minimum absolute atomic E-state index is 0.0586. The summed E-state index contributed by atoms with van der Waals surface area (Å²) in [5.74, 6) is -1.31. The van der Waals surface area contributed by atoms with Crippen LogP contribution in [-0.4, -0.2) is 56.9 Å². The van der Waals surface area contributed by atoms with Gasteiger partial charge in [-0.05, 0) is 49.1 Å². The summed E-state index contributed by atoms with van der Waals surface area (Å²) in [5, 5.41) is 19.9. The molecule has 1 aliphatic rings. The van der Waals surface area contributed by atoms with E-state index >= 15 is 0 Å². The summed E-state index contributed by atoms with van der Waals surface area (Å²) in [4.78, 5) is 44.3. The van der Waals surface area contributed by atoms with Crippen molar-refractivity contribution in [3.8, 4) is 0 Å². The van der Waals surface area contributed by atoms with E-state index in [4.69, 9.17) is 11.1 Å². The molecule has 1 aromatic heterocycles. The molecule has 10 nitrogen and oxygen atoms in total. The molecule has 1 atom stereocenters. The number of carbonyl (C=O) groups is 2. The van der Waals surface area contributed by atoms with Crippen LogP contribution in [-0.2, 0) is 28.6 Å². The van der Waals surface area contributed by atoms with Crippen molar-refractivity contribution in [3.05, 3.63) is 75.2 Å². The molecule has 0 aliphatic carbocycles. The monoisotopic (exact) mass is 490 g/mol. The molecule has 1 amide bonds. The van der Waals surface area contributed by atoms with Crippen LogP contribution in [0.4, 0.5) is 0 Å². The normalized spacial score (nSPS) is 15.1. The van der Waals surface area contributed by atoms with Crippen LogP contribution in [0.25, 0.3) is 11.0 Å². The molecule has 1 unspecified atom stereocenters. The predicted molar refractivity (Wildman–Crippen MR) is 136 cm³/mol. The Morgan fingerprint density at radius 2 is 1.92 bits per heavy atom. The molecular weight excluding hydrogens is 460 g/mol. The Kier molecular flexibility index (Phi) is 6.89. The van der Waals surface area contributed by atoms with E-state index in [0.717, 1.165) is 18.4 Å². The van der Waals surface area contributed by atoms with E-state index in [9.17, 15) is 19.5 Å². The number of benzene rings is 2. The average Bonchev–Trinajstić information content (AvgIpc) is 3.40. The Labute approximate surface area is 208 Å². The van der Waals surface area contributed by atoms with Crippen LogP contribution in [0, 0.1) is 5.41 Å². The van der Waals surface area contributed by atoms with Crippen molar-refractivity contribution < 1.29 is 14.7 Å². The molecule has 1 fully saturated rings. The molecular formula is C26H30N6O4. The van der Waals surface area contributed by atoms with E-state index in [1.165, 1.54) is 4.57 Å². The number of nitrogens with zero attached hydrogens (tertiary/aromatic N) is 3. The van der Waals surface area contributed by atoms with E-state index in [1.807, 2.05) is 6.07 Å². The molecule has 4 rings (SSSR count).